The smallest absolute Gasteiger partial charge is 0.311 e. The van der Waals surface area contributed by atoms with E-state index >= 15 is 0 Å². The van der Waals surface area contributed by atoms with Crippen LogP contribution in [0.3, 0.4) is 0 Å². The maximum Gasteiger partial charge on any atom is 0.311 e. The zero-order chi connectivity index (χ0) is 20.0. The monoisotopic (exact) mass is 410 g/mol. The van der Waals surface area contributed by atoms with E-state index in [-0.39, 0.29) is 44.3 Å². The first kappa shape index (κ1) is 18.9. The van der Waals surface area contributed by atoms with Crippen molar-refractivity contribution in [1.82, 2.24) is 10.1 Å². The molecule has 0 radical (unpaired) electrons. The number of nitrogens with zero attached hydrogens (tertiary/aromatic N) is 4. The van der Waals surface area contributed by atoms with Crippen molar-refractivity contribution in [3.63, 3.8) is 0 Å². The average Bonchev–Trinajstić information content (AvgIpc) is 3.10. The van der Waals surface area contributed by atoms with Gasteiger partial charge in [-0.05, 0) is 42.6 Å². The highest BCUT2D eigenvalue weighted by molar-refractivity contribution is 6.34. The standard InChI is InChI=1S/C16H12Cl2N4O5/c1-6-4-9(5-10(13(6)23)22(25)26)16-19-15(20-27-16)11-7(2)12(17)8(3)21(24)14(11)18/h4-5,23H,1-3H3. The van der Waals surface area contributed by atoms with E-state index in [0.29, 0.717) is 10.3 Å². The minimum absolute atomic E-state index is 0.00683. The molecule has 2 aromatic heterocycles. The molecule has 0 amide bonds. The number of hydrogen-bond acceptors (Lipinski definition) is 7. The third-order valence-electron chi connectivity index (χ3n) is 4.08. The number of phenolic OH excluding ortho intramolecular Hbond substituents is 1. The third-order valence-corrected chi connectivity index (χ3v) is 4.98. The van der Waals surface area contributed by atoms with Crippen molar-refractivity contribution in [3.05, 3.63) is 54.5 Å². The first-order chi connectivity index (χ1) is 12.6. The fraction of sp³-hybridized carbons (Fsp3) is 0.188. The second-order valence-corrected chi connectivity index (χ2v) is 6.56. The first-order valence-corrected chi connectivity index (χ1v) is 8.29. The van der Waals surface area contributed by atoms with Crippen LogP contribution in [0.2, 0.25) is 10.2 Å². The minimum atomic E-state index is -0.718. The molecule has 0 saturated heterocycles. The first-order valence-electron chi connectivity index (χ1n) is 7.53. The number of benzene rings is 1. The van der Waals surface area contributed by atoms with Gasteiger partial charge in [-0.1, -0.05) is 16.8 Å². The molecule has 11 heteroatoms. The number of phenols is 1. The molecule has 0 aliphatic carbocycles. The quantitative estimate of drug-likeness (QED) is 0.228. The van der Waals surface area contributed by atoms with Gasteiger partial charge in [0, 0.05) is 18.6 Å². The molecular weight excluding hydrogens is 399 g/mol. The number of halogens is 2. The normalized spacial score (nSPS) is 11.0. The molecule has 2 heterocycles. The average molecular weight is 411 g/mol. The van der Waals surface area contributed by atoms with Crippen LogP contribution in [0.4, 0.5) is 5.69 Å². The fourth-order valence-electron chi connectivity index (χ4n) is 2.60. The van der Waals surface area contributed by atoms with Gasteiger partial charge in [0.15, 0.2) is 5.75 Å². The van der Waals surface area contributed by atoms with Crippen LogP contribution in [0, 0.1) is 36.1 Å². The van der Waals surface area contributed by atoms with E-state index in [0.717, 1.165) is 6.07 Å². The molecule has 0 fully saturated rings. The summed E-state index contributed by atoms with van der Waals surface area (Å²) in [6, 6.07) is 2.58. The van der Waals surface area contributed by atoms with Gasteiger partial charge in [-0.2, -0.15) is 9.71 Å². The van der Waals surface area contributed by atoms with E-state index in [4.69, 9.17) is 27.7 Å². The van der Waals surface area contributed by atoms with Gasteiger partial charge in [0.2, 0.25) is 11.5 Å². The number of nitro groups is 1. The lowest BCUT2D eigenvalue weighted by Gasteiger charge is -2.10. The molecule has 1 N–H and O–H groups in total. The SMILES string of the molecule is Cc1cc(-c2nc(-c3c(C)c(Cl)c(C)[n+]([O-])c3Cl)no2)cc([N+](=O)[O-])c1O. The highest BCUT2D eigenvalue weighted by Crippen LogP contribution is 2.36. The van der Waals surface area contributed by atoms with Crippen LogP contribution in [0.25, 0.3) is 22.8 Å². The number of aromatic hydroxyl groups is 1. The summed E-state index contributed by atoms with van der Waals surface area (Å²) in [6.07, 6.45) is 0. The summed E-state index contributed by atoms with van der Waals surface area (Å²) in [5.74, 6) is -0.478. The number of hydrogen-bond donors (Lipinski definition) is 1. The van der Waals surface area contributed by atoms with Crippen LogP contribution in [-0.4, -0.2) is 20.2 Å². The Morgan fingerprint density at radius 2 is 1.93 bits per heavy atom. The van der Waals surface area contributed by atoms with Crippen LogP contribution < -0.4 is 4.73 Å². The summed E-state index contributed by atoms with van der Waals surface area (Å²) in [6.45, 7) is 4.68. The number of nitro benzene ring substituents is 1. The minimum Gasteiger partial charge on any atom is -0.617 e. The summed E-state index contributed by atoms with van der Waals surface area (Å²) >= 11 is 12.3. The summed E-state index contributed by atoms with van der Waals surface area (Å²) < 4.78 is 5.63. The molecule has 27 heavy (non-hydrogen) atoms. The van der Waals surface area contributed by atoms with Crippen molar-refractivity contribution in [3.8, 4) is 28.6 Å². The number of aromatic nitrogens is 3. The van der Waals surface area contributed by atoms with Gasteiger partial charge >= 0.3 is 5.69 Å². The molecule has 0 spiro atoms. The second-order valence-electron chi connectivity index (χ2n) is 5.83. The van der Waals surface area contributed by atoms with E-state index < -0.39 is 16.4 Å². The topological polar surface area (TPSA) is 129 Å². The van der Waals surface area contributed by atoms with E-state index in [2.05, 4.69) is 10.1 Å². The molecule has 3 aromatic rings. The Morgan fingerprint density at radius 3 is 2.56 bits per heavy atom. The maximum absolute atomic E-state index is 12.1. The molecule has 0 saturated carbocycles. The van der Waals surface area contributed by atoms with Crippen LogP contribution in [0.1, 0.15) is 16.8 Å². The number of aryl methyl sites for hydroxylation is 1. The van der Waals surface area contributed by atoms with Crippen molar-refractivity contribution in [2.24, 2.45) is 0 Å². The molecule has 0 bridgehead atoms. The predicted molar refractivity (Wildman–Crippen MR) is 96.7 cm³/mol. The molecule has 9 nitrogen and oxygen atoms in total. The Hall–Kier alpha value is -2.91. The number of rotatable bonds is 3. The highest BCUT2D eigenvalue weighted by Gasteiger charge is 2.27. The molecule has 1 aromatic carbocycles. The van der Waals surface area contributed by atoms with E-state index in [1.54, 1.807) is 6.92 Å². The molecule has 0 aliphatic heterocycles. The van der Waals surface area contributed by atoms with E-state index in [9.17, 15) is 20.4 Å². The zero-order valence-electron chi connectivity index (χ0n) is 14.3. The van der Waals surface area contributed by atoms with Crippen molar-refractivity contribution in [2.75, 3.05) is 0 Å². The lowest BCUT2D eigenvalue weighted by Crippen LogP contribution is -2.33. The highest BCUT2D eigenvalue weighted by atomic mass is 35.5. The Labute approximate surface area is 162 Å². The Kier molecular flexibility index (Phi) is 4.66. The third kappa shape index (κ3) is 3.04. The van der Waals surface area contributed by atoms with E-state index in [1.807, 2.05) is 0 Å². The molecule has 3 rings (SSSR count). The molecular formula is C16H12Cl2N4O5. The van der Waals surface area contributed by atoms with Gasteiger partial charge in [-0.15, -0.1) is 0 Å². The summed E-state index contributed by atoms with van der Waals surface area (Å²) in [5.41, 5.74) is 0.932. The summed E-state index contributed by atoms with van der Waals surface area (Å²) in [4.78, 5) is 14.5. The summed E-state index contributed by atoms with van der Waals surface area (Å²) in [5, 5.41) is 36.9. The predicted octanol–water partition coefficient (Wildman–Crippen LogP) is 3.88. The largest absolute Gasteiger partial charge is 0.617 e. The van der Waals surface area contributed by atoms with Crippen LogP contribution in [0.5, 0.6) is 5.75 Å². The van der Waals surface area contributed by atoms with Gasteiger partial charge in [0.05, 0.1) is 4.92 Å². The van der Waals surface area contributed by atoms with E-state index in [1.165, 1.54) is 19.9 Å². The van der Waals surface area contributed by atoms with Gasteiger partial charge in [-0.3, -0.25) is 10.1 Å². The van der Waals surface area contributed by atoms with Crippen LogP contribution in [0.15, 0.2) is 16.7 Å². The lowest BCUT2D eigenvalue weighted by molar-refractivity contribution is -0.609. The Balaban J connectivity index is 2.17. The van der Waals surface area contributed by atoms with Gasteiger partial charge in [0.25, 0.3) is 11.0 Å². The van der Waals surface area contributed by atoms with Crippen LogP contribution in [-0.2, 0) is 0 Å². The lowest BCUT2D eigenvalue weighted by atomic mass is 10.1. The second kappa shape index (κ2) is 6.67. The van der Waals surface area contributed by atoms with Crippen molar-refractivity contribution in [2.45, 2.75) is 20.8 Å². The van der Waals surface area contributed by atoms with Gasteiger partial charge in [0.1, 0.15) is 10.6 Å². The van der Waals surface area contributed by atoms with Crippen molar-refractivity contribution in [1.29, 1.82) is 0 Å². The Morgan fingerprint density at radius 1 is 1.26 bits per heavy atom. The molecule has 0 atom stereocenters. The number of pyridine rings is 1. The summed E-state index contributed by atoms with van der Waals surface area (Å²) in [7, 11) is 0. The maximum atomic E-state index is 12.1. The molecule has 0 unspecified atom stereocenters. The van der Waals surface area contributed by atoms with Crippen molar-refractivity contribution >= 4 is 28.9 Å². The van der Waals surface area contributed by atoms with Gasteiger partial charge in [-0.25, -0.2) is 0 Å². The fourth-order valence-corrected chi connectivity index (χ4v) is 3.12. The zero-order valence-corrected chi connectivity index (χ0v) is 15.8. The van der Waals surface area contributed by atoms with Crippen LogP contribution >= 0.6 is 23.2 Å². The molecule has 0 aliphatic rings. The van der Waals surface area contributed by atoms with Crippen molar-refractivity contribution < 1.29 is 19.3 Å². The molecule has 140 valence electrons. The Bertz CT molecular complexity index is 1070. The van der Waals surface area contributed by atoms with Gasteiger partial charge < -0.3 is 14.8 Å².